The molecule has 1 N–H and O–H groups in total. The highest BCUT2D eigenvalue weighted by Gasteiger charge is 2.30. The van der Waals surface area contributed by atoms with E-state index in [9.17, 15) is 4.79 Å². The monoisotopic (exact) mass is 280 g/mol. The molecule has 1 unspecified atom stereocenters. The number of piperazine rings is 1. The third-order valence-electron chi connectivity index (χ3n) is 3.71. The van der Waals surface area contributed by atoms with Crippen LogP contribution in [0.4, 0.5) is 0 Å². The predicted molar refractivity (Wildman–Crippen MR) is 73.6 cm³/mol. The average molecular weight is 281 g/mol. The lowest BCUT2D eigenvalue weighted by Crippen LogP contribution is -2.50. The van der Waals surface area contributed by atoms with Crippen molar-refractivity contribution >= 4 is 17.5 Å². The average Bonchev–Trinajstić information content (AvgIpc) is 2.46. The Kier molecular flexibility index (Phi) is 3.62. The Labute approximate surface area is 117 Å². The van der Waals surface area contributed by atoms with E-state index in [4.69, 9.17) is 16.3 Å². The fourth-order valence-electron chi connectivity index (χ4n) is 2.67. The molecular formula is C14H17ClN2O2. The third-order valence-corrected chi connectivity index (χ3v) is 3.94. The van der Waals surface area contributed by atoms with E-state index in [0.29, 0.717) is 11.6 Å². The number of hydrogen-bond acceptors (Lipinski definition) is 3. The van der Waals surface area contributed by atoms with Crippen LogP contribution < -0.4 is 10.1 Å². The second kappa shape index (κ2) is 5.39. The Morgan fingerprint density at radius 3 is 2.95 bits per heavy atom. The van der Waals surface area contributed by atoms with Crippen molar-refractivity contribution in [2.75, 3.05) is 32.8 Å². The Balaban J connectivity index is 1.72. The molecule has 1 fully saturated rings. The standard InChI is InChI=1S/C14H17ClN2O2/c15-12-1-2-13-10(8-12)7-11(9-19-13)14(18)17-5-3-16-4-6-17/h1-2,8,11,16H,3-7,9H2. The van der Waals surface area contributed by atoms with Gasteiger partial charge in [0.05, 0.1) is 5.92 Å². The third kappa shape index (κ3) is 2.69. The second-order valence-electron chi connectivity index (χ2n) is 5.04. The molecular weight excluding hydrogens is 264 g/mol. The van der Waals surface area contributed by atoms with E-state index in [-0.39, 0.29) is 11.8 Å². The van der Waals surface area contributed by atoms with Crippen LogP contribution in [0.25, 0.3) is 0 Å². The summed E-state index contributed by atoms with van der Waals surface area (Å²) in [5.74, 6) is 0.977. The first-order chi connectivity index (χ1) is 9.24. The first-order valence-corrected chi connectivity index (χ1v) is 7.02. The molecule has 1 aromatic carbocycles. The summed E-state index contributed by atoms with van der Waals surface area (Å²) >= 11 is 5.99. The number of fused-ring (bicyclic) bond motifs is 1. The molecule has 1 saturated heterocycles. The molecule has 3 rings (SSSR count). The van der Waals surface area contributed by atoms with Gasteiger partial charge in [-0.2, -0.15) is 0 Å². The van der Waals surface area contributed by atoms with Crippen LogP contribution in [-0.2, 0) is 11.2 Å². The Morgan fingerprint density at radius 1 is 1.37 bits per heavy atom. The summed E-state index contributed by atoms with van der Waals surface area (Å²) in [6, 6.07) is 5.59. The van der Waals surface area contributed by atoms with Crippen LogP contribution in [0.2, 0.25) is 5.02 Å². The van der Waals surface area contributed by atoms with E-state index in [1.807, 2.05) is 23.1 Å². The number of nitrogens with one attached hydrogen (secondary N) is 1. The zero-order valence-corrected chi connectivity index (χ0v) is 11.4. The first-order valence-electron chi connectivity index (χ1n) is 6.65. The van der Waals surface area contributed by atoms with Crippen molar-refractivity contribution in [3.8, 4) is 5.75 Å². The number of nitrogens with zero attached hydrogens (tertiary/aromatic N) is 1. The molecule has 2 heterocycles. The summed E-state index contributed by atoms with van der Waals surface area (Å²) in [6.07, 6.45) is 0.721. The summed E-state index contributed by atoms with van der Waals surface area (Å²) in [5.41, 5.74) is 1.03. The lowest BCUT2D eigenvalue weighted by atomic mass is 9.95. The number of ether oxygens (including phenoxy) is 1. The van der Waals surface area contributed by atoms with Crippen molar-refractivity contribution in [2.45, 2.75) is 6.42 Å². The number of benzene rings is 1. The molecule has 1 atom stereocenters. The highest BCUT2D eigenvalue weighted by atomic mass is 35.5. The topological polar surface area (TPSA) is 41.6 Å². The summed E-state index contributed by atoms with van der Waals surface area (Å²) in [6.45, 7) is 3.80. The summed E-state index contributed by atoms with van der Waals surface area (Å²) in [4.78, 5) is 14.4. The number of hydrogen-bond donors (Lipinski definition) is 1. The molecule has 0 spiro atoms. The van der Waals surface area contributed by atoms with Gasteiger partial charge in [0.1, 0.15) is 12.4 Å². The van der Waals surface area contributed by atoms with Gasteiger partial charge in [-0.1, -0.05) is 11.6 Å². The van der Waals surface area contributed by atoms with Gasteiger partial charge in [0, 0.05) is 31.2 Å². The Bertz CT molecular complexity index is 486. The van der Waals surface area contributed by atoms with E-state index in [1.165, 1.54) is 0 Å². The molecule has 0 saturated carbocycles. The van der Waals surface area contributed by atoms with Crippen LogP contribution in [-0.4, -0.2) is 43.6 Å². The Morgan fingerprint density at radius 2 is 2.16 bits per heavy atom. The van der Waals surface area contributed by atoms with E-state index in [1.54, 1.807) is 0 Å². The van der Waals surface area contributed by atoms with Crippen molar-refractivity contribution < 1.29 is 9.53 Å². The largest absolute Gasteiger partial charge is 0.492 e. The lowest BCUT2D eigenvalue weighted by Gasteiger charge is -2.33. The van der Waals surface area contributed by atoms with Crippen molar-refractivity contribution in [2.24, 2.45) is 5.92 Å². The minimum Gasteiger partial charge on any atom is -0.492 e. The van der Waals surface area contributed by atoms with Crippen LogP contribution in [0.1, 0.15) is 5.56 Å². The van der Waals surface area contributed by atoms with Gasteiger partial charge in [0.15, 0.2) is 0 Å². The molecule has 2 aliphatic rings. The SMILES string of the molecule is O=C(C1COc2ccc(Cl)cc2C1)N1CCNCC1. The highest BCUT2D eigenvalue weighted by molar-refractivity contribution is 6.30. The Hall–Kier alpha value is -1.26. The molecule has 19 heavy (non-hydrogen) atoms. The fourth-order valence-corrected chi connectivity index (χ4v) is 2.86. The lowest BCUT2D eigenvalue weighted by molar-refractivity contribution is -0.137. The van der Waals surface area contributed by atoms with Crippen LogP contribution >= 0.6 is 11.6 Å². The molecule has 0 aliphatic carbocycles. The van der Waals surface area contributed by atoms with Crippen molar-refractivity contribution in [3.63, 3.8) is 0 Å². The molecule has 5 heteroatoms. The highest BCUT2D eigenvalue weighted by Crippen LogP contribution is 2.30. The van der Waals surface area contributed by atoms with Gasteiger partial charge >= 0.3 is 0 Å². The van der Waals surface area contributed by atoms with Gasteiger partial charge in [0.2, 0.25) is 5.91 Å². The molecule has 0 radical (unpaired) electrons. The van der Waals surface area contributed by atoms with Gasteiger partial charge in [-0.15, -0.1) is 0 Å². The molecule has 0 bridgehead atoms. The maximum Gasteiger partial charge on any atom is 0.229 e. The van der Waals surface area contributed by atoms with Crippen molar-refractivity contribution in [1.29, 1.82) is 0 Å². The molecule has 102 valence electrons. The summed E-state index contributed by atoms with van der Waals surface area (Å²) in [7, 11) is 0. The second-order valence-corrected chi connectivity index (χ2v) is 5.48. The summed E-state index contributed by atoms with van der Waals surface area (Å²) in [5, 5.41) is 3.95. The van der Waals surface area contributed by atoms with Gasteiger partial charge in [0.25, 0.3) is 0 Å². The van der Waals surface area contributed by atoms with Gasteiger partial charge in [-0.05, 0) is 30.2 Å². The van der Waals surface area contributed by atoms with Crippen LogP contribution in [0.5, 0.6) is 5.75 Å². The van der Waals surface area contributed by atoms with E-state index >= 15 is 0 Å². The van der Waals surface area contributed by atoms with E-state index in [2.05, 4.69) is 5.32 Å². The number of carbonyl (C=O) groups excluding carboxylic acids is 1. The predicted octanol–water partition coefficient (Wildman–Crippen LogP) is 1.32. The van der Waals surface area contributed by atoms with Crippen LogP contribution in [0.3, 0.4) is 0 Å². The quantitative estimate of drug-likeness (QED) is 0.844. The maximum absolute atomic E-state index is 12.4. The zero-order valence-electron chi connectivity index (χ0n) is 10.7. The summed E-state index contributed by atoms with van der Waals surface area (Å²) < 4.78 is 5.68. The molecule has 1 amide bonds. The first kappa shape index (κ1) is 12.8. The van der Waals surface area contributed by atoms with Gasteiger partial charge in [-0.25, -0.2) is 0 Å². The minimum absolute atomic E-state index is 0.0796. The number of halogens is 1. The van der Waals surface area contributed by atoms with Crippen LogP contribution in [0, 0.1) is 5.92 Å². The van der Waals surface area contributed by atoms with E-state index < -0.39 is 0 Å². The zero-order chi connectivity index (χ0) is 13.2. The van der Waals surface area contributed by atoms with Crippen molar-refractivity contribution in [3.05, 3.63) is 28.8 Å². The van der Waals surface area contributed by atoms with Gasteiger partial charge in [-0.3, -0.25) is 4.79 Å². The normalized spacial score (nSPS) is 22.6. The van der Waals surface area contributed by atoms with Crippen molar-refractivity contribution in [1.82, 2.24) is 10.2 Å². The van der Waals surface area contributed by atoms with Gasteiger partial charge < -0.3 is 15.0 Å². The molecule has 0 aromatic heterocycles. The van der Waals surface area contributed by atoms with Crippen LogP contribution in [0.15, 0.2) is 18.2 Å². The molecule has 2 aliphatic heterocycles. The number of amides is 1. The number of carbonyl (C=O) groups is 1. The number of rotatable bonds is 1. The minimum atomic E-state index is -0.0796. The molecule has 4 nitrogen and oxygen atoms in total. The van der Waals surface area contributed by atoms with E-state index in [0.717, 1.165) is 43.9 Å². The maximum atomic E-state index is 12.4. The smallest absolute Gasteiger partial charge is 0.229 e. The fraction of sp³-hybridized carbons (Fsp3) is 0.500. The molecule has 1 aromatic rings.